The molecule has 1 heterocycles. The molecule has 0 saturated carbocycles. The summed E-state index contributed by atoms with van der Waals surface area (Å²) in [6.07, 6.45) is 0. The first kappa shape index (κ1) is 19.1. The van der Waals surface area contributed by atoms with E-state index in [2.05, 4.69) is 5.32 Å². The minimum atomic E-state index is -0.609. The molecule has 8 heteroatoms. The van der Waals surface area contributed by atoms with E-state index in [4.69, 9.17) is 32.7 Å². The van der Waals surface area contributed by atoms with Gasteiger partial charge < -0.3 is 14.8 Å². The first-order chi connectivity index (χ1) is 12.9. The Balaban J connectivity index is 1.96. The second-order valence-corrected chi connectivity index (χ2v) is 6.57. The van der Waals surface area contributed by atoms with Crippen LogP contribution in [0, 0.1) is 6.92 Å². The average Bonchev–Trinajstić information content (AvgIpc) is 2.86. The molecule has 0 spiro atoms. The second-order valence-electron chi connectivity index (χ2n) is 5.76. The number of aryl methyl sites for hydroxylation is 1. The quantitative estimate of drug-likeness (QED) is 0.756. The van der Waals surface area contributed by atoms with Crippen molar-refractivity contribution < 1.29 is 19.1 Å². The van der Waals surface area contributed by atoms with Crippen LogP contribution in [-0.4, -0.2) is 26.0 Å². The summed E-state index contributed by atoms with van der Waals surface area (Å²) in [7, 11) is 3.02. The monoisotopic (exact) mass is 406 g/mol. The van der Waals surface area contributed by atoms with Crippen LogP contribution < -0.4 is 19.7 Å². The van der Waals surface area contributed by atoms with E-state index in [0.29, 0.717) is 33.5 Å². The van der Waals surface area contributed by atoms with Gasteiger partial charge in [0, 0.05) is 11.1 Å². The summed E-state index contributed by atoms with van der Waals surface area (Å²) in [6.45, 7) is 1.76. The summed E-state index contributed by atoms with van der Waals surface area (Å²) in [6, 6.07) is 9.90. The zero-order valence-electron chi connectivity index (χ0n) is 14.8. The van der Waals surface area contributed by atoms with Gasteiger partial charge in [-0.25, -0.2) is 4.90 Å². The van der Waals surface area contributed by atoms with Crippen molar-refractivity contribution in [1.29, 1.82) is 0 Å². The molecule has 6 nitrogen and oxygen atoms in total. The molecule has 0 atom stereocenters. The van der Waals surface area contributed by atoms with Crippen molar-refractivity contribution in [2.24, 2.45) is 0 Å². The van der Waals surface area contributed by atoms with Crippen LogP contribution in [0.2, 0.25) is 5.02 Å². The van der Waals surface area contributed by atoms with E-state index in [9.17, 15) is 9.59 Å². The first-order valence-corrected chi connectivity index (χ1v) is 8.66. The fraction of sp³-hybridized carbons (Fsp3) is 0.158. The molecule has 1 aliphatic rings. The Morgan fingerprint density at radius 3 is 2.33 bits per heavy atom. The summed E-state index contributed by atoms with van der Waals surface area (Å²) in [5, 5.41) is 3.21. The number of anilines is 2. The van der Waals surface area contributed by atoms with E-state index < -0.39 is 11.8 Å². The topological polar surface area (TPSA) is 67.9 Å². The first-order valence-electron chi connectivity index (χ1n) is 7.91. The lowest BCUT2D eigenvalue weighted by molar-refractivity contribution is -0.120. The van der Waals surface area contributed by atoms with Gasteiger partial charge in [-0.05, 0) is 42.8 Å². The molecule has 0 bridgehead atoms. The molecule has 2 aromatic rings. The van der Waals surface area contributed by atoms with Crippen LogP contribution in [0.3, 0.4) is 0 Å². The average molecular weight is 407 g/mol. The van der Waals surface area contributed by atoms with E-state index in [0.717, 1.165) is 4.90 Å². The number of rotatable bonds is 5. The van der Waals surface area contributed by atoms with E-state index >= 15 is 0 Å². The number of hydrogen-bond acceptors (Lipinski definition) is 5. The van der Waals surface area contributed by atoms with Gasteiger partial charge in [-0.3, -0.25) is 9.59 Å². The molecule has 2 amide bonds. The third-order valence-corrected chi connectivity index (χ3v) is 4.68. The van der Waals surface area contributed by atoms with Gasteiger partial charge in [0.25, 0.3) is 11.8 Å². The number of imide groups is 1. The highest BCUT2D eigenvalue weighted by Gasteiger charge is 2.39. The van der Waals surface area contributed by atoms with Gasteiger partial charge in [0.05, 0.1) is 25.6 Å². The molecule has 0 saturated heterocycles. The number of benzene rings is 2. The number of amides is 2. The van der Waals surface area contributed by atoms with Crippen molar-refractivity contribution in [1.82, 2.24) is 0 Å². The Hall–Kier alpha value is -2.70. The van der Waals surface area contributed by atoms with Gasteiger partial charge in [-0.1, -0.05) is 23.2 Å². The van der Waals surface area contributed by atoms with Crippen molar-refractivity contribution in [3.05, 3.63) is 57.7 Å². The Kier molecular flexibility index (Phi) is 5.30. The molecule has 1 aliphatic heterocycles. The zero-order valence-corrected chi connectivity index (χ0v) is 16.3. The third kappa shape index (κ3) is 3.46. The Bertz CT molecular complexity index is 972. The molecule has 2 aromatic carbocycles. The highest BCUT2D eigenvalue weighted by atomic mass is 35.5. The number of hydrogen-bond donors (Lipinski definition) is 1. The Morgan fingerprint density at radius 2 is 1.70 bits per heavy atom. The zero-order chi connectivity index (χ0) is 19.7. The number of nitrogens with one attached hydrogen (secondary N) is 1. The molecule has 1 N–H and O–H groups in total. The molecule has 0 unspecified atom stereocenters. The molecule has 0 radical (unpaired) electrons. The van der Waals surface area contributed by atoms with Crippen molar-refractivity contribution in [3.8, 4) is 11.5 Å². The predicted octanol–water partition coefficient (Wildman–Crippen LogP) is 4.10. The van der Waals surface area contributed by atoms with Gasteiger partial charge >= 0.3 is 0 Å². The van der Waals surface area contributed by atoms with Crippen LogP contribution in [0.5, 0.6) is 11.5 Å². The molecular weight excluding hydrogens is 391 g/mol. The van der Waals surface area contributed by atoms with Crippen molar-refractivity contribution in [2.45, 2.75) is 6.92 Å². The number of carbonyl (C=O) groups excluding carboxylic acids is 2. The van der Waals surface area contributed by atoms with Gasteiger partial charge in [0.15, 0.2) is 0 Å². The smallest absolute Gasteiger partial charge is 0.283 e. The highest BCUT2D eigenvalue weighted by molar-refractivity contribution is 6.53. The SMILES string of the molecule is COc1ccc(NC2=C(Cl)C(=O)N(c3ccc(Cl)cc3C)C2=O)c(OC)c1. The van der Waals surface area contributed by atoms with Crippen LogP contribution in [0.25, 0.3) is 0 Å². The summed E-state index contributed by atoms with van der Waals surface area (Å²) in [5.74, 6) is -0.146. The Labute approximate surface area is 166 Å². The lowest BCUT2D eigenvalue weighted by atomic mass is 10.2. The molecule has 140 valence electrons. The Morgan fingerprint density at radius 1 is 0.963 bits per heavy atom. The third-order valence-electron chi connectivity index (χ3n) is 4.10. The van der Waals surface area contributed by atoms with Gasteiger partial charge in [-0.2, -0.15) is 0 Å². The van der Waals surface area contributed by atoms with Crippen molar-refractivity contribution in [2.75, 3.05) is 24.4 Å². The molecule has 3 rings (SSSR count). The van der Waals surface area contributed by atoms with Gasteiger partial charge in [0.2, 0.25) is 0 Å². The van der Waals surface area contributed by atoms with Gasteiger partial charge in [0.1, 0.15) is 22.2 Å². The van der Waals surface area contributed by atoms with Crippen molar-refractivity contribution in [3.63, 3.8) is 0 Å². The summed E-state index contributed by atoms with van der Waals surface area (Å²) < 4.78 is 10.5. The maximum absolute atomic E-state index is 12.9. The van der Waals surface area contributed by atoms with E-state index in [-0.39, 0.29) is 10.7 Å². The van der Waals surface area contributed by atoms with E-state index in [1.54, 1.807) is 43.3 Å². The summed E-state index contributed by atoms with van der Waals surface area (Å²) >= 11 is 12.1. The molecule has 0 aromatic heterocycles. The van der Waals surface area contributed by atoms with Crippen LogP contribution in [0.15, 0.2) is 47.1 Å². The lowest BCUT2D eigenvalue weighted by Gasteiger charge is -2.18. The fourth-order valence-electron chi connectivity index (χ4n) is 2.74. The molecule has 0 aliphatic carbocycles. The standard InChI is InChI=1S/C19H16Cl2N2O4/c1-10-8-11(20)4-7-14(10)23-18(24)16(21)17(19(23)25)22-13-6-5-12(26-2)9-15(13)27-3/h4-9,22H,1-3H3. The van der Waals surface area contributed by atoms with E-state index in [1.165, 1.54) is 14.2 Å². The number of ether oxygens (including phenoxy) is 2. The normalized spacial score (nSPS) is 14.0. The van der Waals surface area contributed by atoms with E-state index in [1.807, 2.05) is 0 Å². The minimum Gasteiger partial charge on any atom is -0.497 e. The number of methoxy groups -OCH3 is 2. The van der Waals surface area contributed by atoms with Crippen LogP contribution in [0.4, 0.5) is 11.4 Å². The fourth-order valence-corrected chi connectivity index (χ4v) is 3.18. The molecule has 27 heavy (non-hydrogen) atoms. The maximum Gasteiger partial charge on any atom is 0.283 e. The van der Waals surface area contributed by atoms with Crippen LogP contribution in [0.1, 0.15) is 5.56 Å². The number of carbonyl (C=O) groups is 2. The largest absolute Gasteiger partial charge is 0.497 e. The predicted molar refractivity (Wildman–Crippen MR) is 105 cm³/mol. The van der Waals surface area contributed by atoms with Crippen molar-refractivity contribution >= 4 is 46.4 Å². The minimum absolute atomic E-state index is 0.0283. The lowest BCUT2D eigenvalue weighted by Crippen LogP contribution is -2.32. The molecular formula is C19H16Cl2N2O4. The summed E-state index contributed by atoms with van der Waals surface area (Å²) in [5.41, 5.74) is 1.55. The van der Waals surface area contributed by atoms with Gasteiger partial charge in [-0.15, -0.1) is 0 Å². The summed E-state index contributed by atoms with van der Waals surface area (Å²) in [4.78, 5) is 26.5. The number of nitrogens with zero attached hydrogens (tertiary/aromatic N) is 1. The number of halogens is 2. The highest BCUT2D eigenvalue weighted by Crippen LogP contribution is 2.35. The van der Waals surface area contributed by atoms with Crippen LogP contribution in [-0.2, 0) is 9.59 Å². The second kappa shape index (κ2) is 7.50. The maximum atomic E-state index is 12.9. The van der Waals surface area contributed by atoms with Crippen LogP contribution >= 0.6 is 23.2 Å². The molecule has 0 fully saturated rings.